The lowest BCUT2D eigenvalue weighted by Crippen LogP contribution is -2.30. The van der Waals surface area contributed by atoms with Gasteiger partial charge in [-0.3, -0.25) is 4.79 Å². The van der Waals surface area contributed by atoms with Crippen LogP contribution in [0.3, 0.4) is 0 Å². The molecule has 0 aliphatic carbocycles. The summed E-state index contributed by atoms with van der Waals surface area (Å²) in [7, 11) is 0. The molecule has 0 saturated heterocycles. The third-order valence-electron chi connectivity index (χ3n) is 4.18. The lowest BCUT2D eigenvalue weighted by molar-refractivity contribution is -0.121. The normalized spacial score (nSPS) is 16.3. The van der Waals surface area contributed by atoms with Crippen LogP contribution in [0, 0.1) is 5.82 Å². The Labute approximate surface area is 144 Å². The first-order valence-electron chi connectivity index (χ1n) is 8.07. The van der Waals surface area contributed by atoms with Crippen LogP contribution in [0.1, 0.15) is 40.4 Å². The van der Waals surface area contributed by atoms with Crippen molar-refractivity contribution in [1.82, 2.24) is 5.32 Å². The minimum absolute atomic E-state index is 0.0511. The van der Waals surface area contributed by atoms with Crippen molar-refractivity contribution >= 4 is 11.9 Å². The minimum atomic E-state index is -1.07. The smallest absolute Gasteiger partial charge is 0.335 e. The molecule has 5 nitrogen and oxygen atoms in total. The molecule has 6 heteroatoms. The van der Waals surface area contributed by atoms with Crippen LogP contribution in [0.2, 0.25) is 0 Å². The molecule has 0 fully saturated rings. The van der Waals surface area contributed by atoms with Crippen LogP contribution < -0.4 is 10.1 Å². The van der Waals surface area contributed by atoms with E-state index in [4.69, 9.17) is 4.74 Å². The molecule has 2 N–H and O–H groups in total. The van der Waals surface area contributed by atoms with E-state index >= 15 is 0 Å². The Hall–Kier alpha value is -2.89. The molecule has 1 aliphatic rings. The summed E-state index contributed by atoms with van der Waals surface area (Å²) in [5.41, 5.74) is 1.16. The Bertz CT molecular complexity index is 806. The number of amides is 1. The molecule has 0 bridgehead atoms. The monoisotopic (exact) mass is 343 g/mol. The van der Waals surface area contributed by atoms with Crippen molar-refractivity contribution in [2.45, 2.75) is 25.3 Å². The second kappa shape index (κ2) is 7.34. The lowest BCUT2D eigenvalue weighted by atomic mass is 10.0. The van der Waals surface area contributed by atoms with Crippen molar-refractivity contribution in [3.63, 3.8) is 0 Å². The fraction of sp³-hybridized carbons (Fsp3) is 0.263. The molecule has 2 aromatic carbocycles. The molecule has 1 unspecified atom stereocenters. The molecule has 1 aliphatic heterocycles. The first-order chi connectivity index (χ1) is 12.0. The van der Waals surface area contributed by atoms with Gasteiger partial charge in [0.2, 0.25) is 5.91 Å². The molecule has 0 spiro atoms. The van der Waals surface area contributed by atoms with Crippen molar-refractivity contribution < 1.29 is 23.8 Å². The van der Waals surface area contributed by atoms with Crippen LogP contribution in [-0.2, 0) is 11.2 Å². The van der Waals surface area contributed by atoms with Crippen LogP contribution in [0.25, 0.3) is 0 Å². The Morgan fingerprint density at radius 1 is 1.24 bits per heavy atom. The number of benzene rings is 2. The molecular formula is C19H18FNO4. The van der Waals surface area contributed by atoms with E-state index < -0.39 is 5.97 Å². The predicted molar refractivity (Wildman–Crippen MR) is 89.1 cm³/mol. The molecule has 25 heavy (non-hydrogen) atoms. The van der Waals surface area contributed by atoms with Gasteiger partial charge in [-0.2, -0.15) is 0 Å². The van der Waals surface area contributed by atoms with Gasteiger partial charge in [0.15, 0.2) is 0 Å². The number of carboxylic acid groups (broad SMARTS) is 1. The van der Waals surface area contributed by atoms with Crippen molar-refractivity contribution in [3.8, 4) is 5.75 Å². The van der Waals surface area contributed by atoms with Crippen LogP contribution in [0.4, 0.5) is 4.39 Å². The summed E-state index contributed by atoms with van der Waals surface area (Å²) in [5.74, 6) is -1.20. The highest BCUT2D eigenvalue weighted by atomic mass is 19.1. The third-order valence-corrected chi connectivity index (χ3v) is 4.18. The predicted octanol–water partition coefficient (Wildman–Crippen LogP) is 3.10. The zero-order chi connectivity index (χ0) is 17.8. The number of rotatable bonds is 4. The van der Waals surface area contributed by atoms with Crippen LogP contribution in [0.5, 0.6) is 5.75 Å². The van der Waals surface area contributed by atoms with Gasteiger partial charge in [0.25, 0.3) is 0 Å². The van der Waals surface area contributed by atoms with Gasteiger partial charge in [-0.1, -0.05) is 18.2 Å². The quantitative estimate of drug-likeness (QED) is 0.894. The maximum absolute atomic E-state index is 13.6. The fourth-order valence-corrected chi connectivity index (χ4v) is 3.00. The molecule has 1 atom stereocenters. The van der Waals surface area contributed by atoms with Gasteiger partial charge in [-0.15, -0.1) is 0 Å². The number of ether oxygens (including phenoxy) is 1. The summed E-state index contributed by atoms with van der Waals surface area (Å²) >= 11 is 0. The van der Waals surface area contributed by atoms with Gasteiger partial charge < -0.3 is 15.2 Å². The van der Waals surface area contributed by atoms with Crippen molar-refractivity contribution in [2.24, 2.45) is 0 Å². The summed E-state index contributed by atoms with van der Waals surface area (Å²) < 4.78 is 19.2. The number of halogens is 1. The number of carbonyl (C=O) groups excluding carboxylic acids is 1. The highest BCUT2D eigenvalue weighted by molar-refractivity contribution is 5.91. The molecule has 0 radical (unpaired) electrons. The second-order valence-corrected chi connectivity index (χ2v) is 5.93. The van der Waals surface area contributed by atoms with Crippen molar-refractivity contribution in [1.29, 1.82) is 0 Å². The second-order valence-electron chi connectivity index (χ2n) is 5.93. The Morgan fingerprint density at radius 3 is 2.84 bits per heavy atom. The number of aromatic carboxylic acids is 1. The van der Waals surface area contributed by atoms with Gasteiger partial charge in [0.1, 0.15) is 11.6 Å². The fourth-order valence-electron chi connectivity index (χ4n) is 3.00. The average molecular weight is 343 g/mol. The van der Waals surface area contributed by atoms with Crippen molar-refractivity contribution in [2.75, 3.05) is 6.61 Å². The number of fused-ring (bicyclic) bond motifs is 1. The van der Waals surface area contributed by atoms with E-state index in [1.807, 2.05) is 0 Å². The number of hydrogen-bond donors (Lipinski definition) is 2. The third kappa shape index (κ3) is 3.96. The topological polar surface area (TPSA) is 75.6 Å². The SMILES string of the molecule is O=C(Cc1ccccc1C(=O)O)NC1CCCOc2ccc(F)cc21. The van der Waals surface area contributed by atoms with Crippen molar-refractivity contribution in [3.05, 3.63) is 65.0 Å². The summed E-state index contributed by atoms with van der Waals surface area (Å²) in [6.45, 7) is 0.507. The summed E-state index contributed by atoms with van der Waals surface area (Å²) in [6, 6.07) is 10.3. The zero-order valence-corrected chi connectivity index (χ0v) is 13.5. The molecule has 0 saturated carbocycles. The number of hydrogen-bond acceptors (Lipinski definition) is 3. The summed E-state index contributed by atoms with van der Waals surface area (Å²) in [5, 5.41) is 12.1. The molecule has 2 aromatic rings. The van der Waals surface area contributed by atoms with E-state index in [9.17, 15) is 19.1 Å². The molecule has 0 aromatic heterocycles. The number of nitrogens with one attached hydrogen (secondary N) is 1. The average Bonchev–Trinajstić information content (AvgIpc) is 2.77. The van der Waals surface area contributed by atoms with Crippen LogP contribution >= 0.6 is 0 Å². The summed E-state index contributed by atoms with van der Waals surface area (Å²) in [6.07, 6.45) is 1.31. The van der Waals surface area contributed by atoms with E-state index in [1.54, 1.807) is 24.3 Å². The van der Waals surface area contributed by atoms with E-state index in [1.165, 1.54) is 18.2 Å². The molecule has 3 rings (SSSR count). The lowest BCUT2D eigenvalue weighted by Gasteiger charge is -2.19. The molecule has 1 amide bonds. The van der Waals surface area contributed by atoms with E-state index in [0.29, 0.717) is 29.9 Å². The van der Waals surface area contributed by atoms with Crippen LogP contribution in [0.15, 0.2) is 42.5 Å². The first kappa shape index (κ1) is 17.0. The van der Waals surface area contributed by atoms with Crippen LogP contribution in [-0.4, -0.2) is 23.6 Å². The van der Waals surface area contributed by atoms with Gasteiger partial charge in [0, 0.05) is 5.56 Å². The first-order valence-corrected chi connectivity index (χ1v) is 8.07. The Kier molecular flexibility index (Phi) is 4.97. The maximum Gasteiger partial charge on any atom is 0.335 e. The summed E-state index contributed by atoms with van der Waals surface area (Å²) in [4.78, 5) is 23.7. The van der Waals surface area contributed by atoms with E-state index in [2.05, 4.69) is 5.32 Å². The maximum atomic E-state index is 13.6. The molecule has 1 heterocycles. The highest BCUT2D eigenvalue weighted by Crippen LogP contribution is 2.32. The minimum Gasteiger partial charge on any atom is -0.493 e. The zero-order valence-electron chi connectivity index (χ0n) is 13.5. The van der Waals surface area contributed by atoms with E-state index in [0.717, 1.165) is 6.42 Å². The Balaban J connectivity index is 1.78. The van der Waals surface area contributed by atoms with Gasteiger partial charge in [0.05, 0.1) is 24.6 Å². The van der Waals surface area contributed by atoms with Gasteiger partial charge in [-0.05, 0) is 42.7 Å². The number of carboxylic acids is 1. The van der Waals surface area contributed by atoms with Gasteiger partial charge >= 0.3 is 5.97 Å². The molecular weight excluding hydrogens is 325 g/mol. The standard InChI is InChI=1S/C19H18FNO4/c20-13-7-8-17-15(11-13)16(6-3-9-25-17)21-18(22)10-12-4-1-2-5-14(12)19(23)24/h1-2,4-5,7-8,11,16H,3,6,9-10H2,(H,21,22)(H,23,24). The molecule has 130 valence electrons. The number of carbonyl (C=O) groups is 2. The van der Waals surface area contributed by atoms with E-state index in [-0.39, 0.29) is 29.8 Å². The highest BCUT2D eigenvalue weighted by Gasteiger charge is 2.23. The largest absolute Gasteiger partial charge is 0.493 e. The Morgan fingerprint density at radius 2 is 2.04 bits per heavy atom. The van der Waals surface area contributed by atoms with Gasteiger partial charge in [-0.25, -0.2) is 9.18 Å².